The van der Waals surface area contributed by atoms with E-state index in [9.17, 15) is 5.11 Å². The maximum absolute atomic E-state index is 9.36. The second-order valence-corrected chi connectivity index (χ2v) is 4.38. The lowest BCUT2D eigenvalue weighted by atomic mass is 9.95. The lowest BCUT2D eigenvalue weighted by Crippen LogP contribution is -2.31. The smallest absolute Gasteiger partial charge is 0.0622 e. The highest BCUT2D eigenvalue weighted by Crippen LogP contribution is 2.24. The van der Waals surface area contributed by atoms with E-state index in [0.717, 1.165) is 51.7 Å². The van der Waals surface area contributed by atoms with Gasteiger partial charge in [0.2, 0.25) is 0 Å². The van der Waals surface area contributed by atoms with Crippen molar-refractivity contribution in [2.45, 2.75) is 56.8 Å². The molecule has 0 atom stereocenters. The van der Waals surface area contributed by atoms with Crippen LogP contribution in [-0.4, -0.2) is 36.6 Å². The van der Waals surface area contributed by atoms with E-state index in [1.165, 1.54) is 0 Å². The molecule has 0 aromatic heterocycles. The molecule has 1 saturated carbocycles. The van der Waals surface area contributed by atoms with Crippen LogP contribution in [0.3, 0.4) is 0 Å². The van der Waals surface area contributed by atoms with Crippen molar-refractivity contribution < 1.29 is 14.6 Å². The van der Waals surface area contributed by atoms with E-state index >= 15 is 0 Å². The molecule has 0 radical (unpaired) electrons. The maximum Gasteiger partial charge on any atom is 0.0622 e. The molecule has 0 aromatic rings. The van der Waals surface area contributed by atoms with Gasteiger partial charge in [-0.25, -0.2) is 0 Å². The van der Waals surface area contributed by atoms with Gasteiger partial charge in [-0.1, -0.05) is 0 Å². The standard InChI is InChI=1S/C11H20O3/c12-9-1-3-10(4-2-9)14-11-5-7-13-8-6-11/h9-12H,1-8H2. The largest absolute Gasteiger partial charge is 0.393 e. The number of ether oxygens (including phenoxy) is 2. The van der Waals surface area contributed by atoms with Gasteiger partial charge in [0.25, 0.3) is 0 Å². The molecule has 82 valence electrons. The molecule has 2 fully saturated rings. The van der Waals surface area contributed by atoms with Crippen LogP contribution in [0.5, 0.6) is 0 Å². The molecule has 3 nitrogen and oxygen atoms in total. The van der Waals surface area contributed by atoms with E-state index in [-0.39, 0.29) is 6.10 Å². The van der Waals surface area contributed by atoms with Crippen LogP contribution < -0.4 is 0 Å². The van der Waals surface area contributed by atoms with Crippen molar-refractivity contribution in [2.24, 2.45) is 0 Å². The monoisotopic (exact) mass is 200 g/mol. The molecule has 0 bridgehead atoms. The summed E-state index contributed by atoms with van der Waals surface area (Å²) in [7, 11) is 0. The van der Waals surface area contributed by atoms with E-state index in [1.54, 1.807) is 0 Å². The first-order chi connectivity index (χ1) is 6.84. The average Bonchev–Trinajstić information content (AvgIpc) is 2.23. The minimum Gasteiger partial charge on any atom is -0.393 e. The summed E-state index contributed by atoms with van der Waals surface area (Å²) in [5.74, 6) is 0. The molecule has 1 heterocycles. The number of aliphatic hydroxyl groups excluding tert-OH is 1. The summed E-state index contributed by atoms with van der Waals surface area (Å²) in [5.41, 5.74) is 0. The molecule has 0 unspecified atom stereocenters. The van der Waals surface area contributed by atoms with Crippen LogP contribution in [0.15, 0.2) is 0 Å². The molecule has 3 heteroatoms. The molecule has 1 N–H and O–H groups in total. The fraction of sp³-hybridized carbons (Fsp3) is 1.00. The third-order valence-corrected chi connectivity index (χ3v) is 3.20. The van der Waals surface area contributed by atoms with Crippen molar-refractivity contribution in [1.82, 2.24) is 0 Å². The molecule has 0 spiro atoms. The number of aliphatic hydroxyl groups is 1. The Hall–Kier alpha value is -0.120. The topological polar surface area (TPSA) is 38.7 Å². The molecular weight excluding hydrogens is 180 g/mol. The number of rotatable bonds is 2. The Morgan fingerprint density at radius 3 is 2.07 bits per heavy atom. The zero-order valence-electron chi connectivity index (χ0n) is 8.65. The Morgan fingerprint density at radius 2 is 1.43 bits per heavy atom. The quantitative estimate of drug-likeness (QED) is 0.734. The van der Waals surface area contributed by atoms with E-state index in [4.69, 9.17) is 9.47 Å². The van der Waals surface area contributed by atoms with E-state index < -0.39 is 0 Å². The first-order valence-corrected chi connectivity index (χ1v) is 5.76. The molecule has 1 saturated heterocycles. The number of hydrogen-bond donors (Lipinski definition) is 1. The van der Waals surface area contributed by atoms with Crippen molar-refractivity contribution in [1.29, 1.82) is 0 Å². The van der Waals surface area contributed by atoms with Crippen LogP contribution in [0.25, 0.3) is 0 Å². The van der Waals surface area contributed by atoms with Gasteiger partial charge in [0.05, 0.1) is 18.3 Å². The normalized spacial score (nSPS) is 35.8. The van der Waals surface area contributed by atoms with Crippen molar-refractivity contribution in [3.63, 3.8) is 0 Å². The van der Waals surface area contributed by atoms with Gasteiger partial charge in [-0.15, -0.1) is 0 Å². The Labute approximate surface area is 85.4 Å². The van der Waals surface area contributed by atoms with E-state index in [1.807, 2.05) is 0 Å². The van der Waals surface area contributed by atoms with Gasteiger partial charge in [-0.3, -0.25) is 0 Å². The van der Waals surface area contributed by atoms with Crippen molar-refractivity contribution in [2.75, 3.05) is 13.2 Å². The Kier molecular flexibility index (Phi) is 3.79. The Bertz CT molecular complexity index is 158. The molecule has 2 aliphatic rings. The third-order valence-electron chi connectivity index (χ3n) is 3.20. The van der Waals surface area contributed by atoms with Gasteiger partial charge >= 0.3 is 0 Å². The van der Waals surface area contributed by atoms with Gasteiger partial charge in [0.15, 0.2) is 0 Å². The van der Waals surface area contributed by atoms with Crippen molar-refractivity contribution in [3.05, 3.63) is 0 Å². The molecule has 1 aliphatic heterocycles. The van der Waals surface area contributed by atoms with Crippen LogP contribution >= 0.6 is 0 Å². The first kappa shape index (κ1) is 10.4. The fourth-order valence-electron chi connectivity index (χ4n) is 2.27. The fourth-order valence-corrected chi connectivity index (χ4v) is 2.27. The van der Waals surface area contributed by atoms with Crippen LogP contribution in [0.1, 0.15) is 38.5 Å². The molecule has 14 heavy (non-hydrogen) atoms. The van der Waals surface area contributed by atoms with Crippen LogP contribution in [0.2, 0.25) is 0 Å². The molecule has 1 aliphatic carbocycles. The zero-order chi connectivity index (χ0) is 9.80. The van der Waals surface area contributed by atoms with Crippen LogP contribution in [0.4, 0.5) is 0 Å². The number of hydrogen-bond acceptors (Lipinski definition) is 3. The summed E-state index contributed by atoms with van der Waals surface area (Å²) in [6.07, 6.45) is 6.67. The van der Waals surface area contributed by atoms with Gasteiger partial charge in [-0.2, -0.15) is 0 Å². The first-order valence-electron chi connectivity index (χ1n) is 5.76. The van der Waals surface area contributed by atoms with Gasteiger partial charge < -0.3 is 14.6 Å². The average molecular weight is 200 g/mol. The minimum atomic E-state index is -0.0791. The minimum absolute atomic E-state index is 0.0791. The molecule has 0 aromatic carbocycles. The highest BCUT2D eigenvalue weighted by molar-refractivity contribution is 4.74. The predicted octanol–water partition coefficient (Wildman–Crippen LogP) is 1.49. The maximum atomic E-state index is 9.36. The van der Waals surface area contributed by atoms with Gasteiger partial charge in [0.1, 0.15) is 0 Å². The predicted molar refractivity (Wildman–Crippen MR) is 53.2 cm³/mol. The highest BCUT2D eigenvalue weighted by Gasteiger charge is 2.23. The summed E-state index contributed by atoms with van der Waals surface area (Å²) in [5, 5.41) is 9.36. The van der Waals surface area contributed by atoms with Crippen LogP contribution in [0, 0.1) is 0 Å². The van der Waals surface area contributed by atoms with Crippen LogP contribution in [-0.2, 0) is 9.47 Å². The summed E-state index contributed by atoms with van der Waals surface area (Å²) >= 11 is 0. The zero-order valence-corrected chi connectivity index (χ0v) is 8.65. The third kappa shape index (κ3) is 2.94. The van der Waals surface area contributed by atoms with E-state index in [2.05, 4.69) is 0 Å². The summed E-state index contributed by atoms with van der Waals surface area (Å²) in [6.45, 7) is 1.69. The van der Waals surface area contributed by atoms with E-state index in [0.29, 0.717) is 12.2 Å². The molecular formula is C11H20O3. The Balaban J connectivity index is 1.68. The SMILES string of the molecule is OC1CCC(OC2CCOCC2)CC1. The summed E-state index contributed by atoms with van der Waals surface area (Å²) < 4.78 is 11.3. The van der Waals surface area contributed by atoms with Crippen molar-refractivity contribution >= 4 is 0 Å². The lowest BCUT2D eigenvalue weighted by molar-refractivity contribution is -0.0872. The summed E-state index contributed by atoms with van der Waals surface area (Å²) in [6, 6.07) is 0. The highest BCUT2D eigenvalue weighted by atomic mass is 16.5. The molecule has 0 amide bonds. The summed E-state index contributed by atoms with van der Waals surface area (Å²) in [4.78, 5) is 0. The second kappa shape index (κ2) is 5.10. The van der Waals surface area contributed by atoms with Crippen molar-refractivity contribution in [3.8, 4) is 0 Å². The van der Waals surface area contributed by atoms with Gasteiger partial charge in [0, 0.05) is 13.2 Å². The van der Waals surface area contributed by atoms with Gasteiger partial charge in [-0.05, 0) is 38.5 Å². The lowest BCUT2D eigenvalue weighted by Gasteiger charge is -2.31. The Morgan fingerprint density at radius 1 is 0.857 bits per heavy atom. The second-order valence-electron chi connectivity index (χ2n) is 4.38. The molecule has 2 rings (SSSR count).